The van der Waals surface area contributed by atoms with Gasteiger partial charge in [0.15, 0.2) is 0 Å². The van der Waals surface area contributed by atoms with Gasteiger partial charge in [-0.05, 0) is 43.5 Å². The zero-order valence-electron chi connectivity index (χ0n) is 13.3. The van der Waals surface area contributed by atoms with Crippen LogP contribution in [0.4, 0.5) is 0 Å². The van der Waals surface area contributed by atoms with E-state index in [1.807, 2.05) is 29.2 Å². The molecular weight excluding hydrogens is 280 g/mol. The first-order valence-corrected chi connectivity index (χ1v) is 7.99. The second-order valence-corrected chi connectivity index (χ2v) is 5.60. The van der Waals surface area contributed by atoms with Crippen molar-refractivity contribution >= 4 is 5.91 Å². The van der Waals surface area contributed by atoms with Gasteiger partial charge in [-0.25, -0.2) is 0 Å². The Labute approximate surface area is 132 Å². The van der Waals surface area contributed by atoms with Crippen molar-refractivity contribution in [3.63, 3.8) is 0 Å². The van der Waals surface area contributed by atoms with Gasteiger partial charge in [0, 0.05) is 44.8 Å². The molecule has 0 aromatic heterocycles. The van der Waals surface area contributed by atoms with Crippen molar-refractivity contribution in [1.82, 2.24) is 4.90 Å². The summed E-state index contributed by atoms with van der Waals surface area (Å²) in [5, 5.41) is 0. The first-order valence-electron chi connectivity index (χ1n) is 7.99. The van der Waals surface area contributed by atoms with E-state index in [0.29, 0.717) is 25.3 Å². The van der Waals surface area contributed by atoms with Gasteiger partial charge in [-0.2, -0.15) is 0 Å². The minimum absolute atomic E-state index is 0.0704. The number of rotatable bonds is 7. The van der Waals surface area contributed by atoms with Gasteiger partial charge in [-0.15, -0.1) is 0 Å². The van der Waals surface area contributed by atoms with Gasteiger partial charge in [0.2, 0.25) is 0 Å². The number of nitrogens with zero attached hydrogens (tertiary/aromatic N) is 1. The van der Waals surface area contributed by atoms with Crippen molar-refractivity contribution in [3.05, 3.63) is 29.8 Å². The highest BCUT2D eigenvalue weighted by Gasteiger charge is 2.26. The number of nitrogens with two attached hydrogens (primary N) is 1. The quantitative estimate of drug-likeness (QED) is 0.783. The molecule has 1 heterocycles. The summed E-state index contributed by atoms with van der Waals surface area (Å²) in [6.45, 7) is 2.64. The molecule has 1 aromatic carbocycles. The summed E-state index contributed by atoms with van der Waals surface area (Å²) in [6, 6.07) is 7.53. The molecule has 0 radical (unpaired) electrons. The Hall–Kier alpha value is -1.59. The number of likely N-dealkylation sites (tertiary alicyclic amines) is 1. The minimum atomic E-state index is 0.0704. The SMILES string of the molecule is COCCCOc1ccc(C(=O)N2CCCCC2CN)cc1. The van der Waals surface area contributed by atoms with Crippen LogP contribution in [-0.4, -0.2) is 50.3 Å². The maximum atomic E-state index is 12.6. The molecule has 1 aliphatic rings. The van der Waals surface area contributed by atoms with Crippen molar-refractivity contribution in [2.75, 3.05) is 33.4 Å². The second kappa shape index (κ2) is 8.76. The predicted octanol–water partition coefficient (Wildman–Crippen LogP) is 2.06. The van der Waals surface area contributed by atoms with Gasteiger partial charge in [-0.3, -0.25) is 4.79 Å². The maximum absolute atomic E-state index is 12.6. The lowest BCUT2D eigenvalue weighted by Crippen LogP contribution is -2.47. The van der Waals surface area contributed by atoms with Crippen LogP contribution in [0.1, 0.15) is 36.0 Å². The number of carbonyl (C=O) groups excluding carboxylic acids is 1. The summed E-state index contributed by atoms with van der Waals surface area (Å²) in [5.74, 6) is 0.850. The van der Waals surface area contributed by atoms with Crippen molar-refractivity contribution in [1.29, 1.82) is 0 Å². The van der Waals surface area contributed by atoms with E-state index in [1.54, 1.807) is 7.11 Å². The van der Waals surface area contributed by atoms with E-state index in [4.69, 9.17) is 15.2 Å². The van der Waals surface area contributed by atoms with E-state index in [-0.39, 0.29) is 11.9 Å². The summed E-state index contributed by atoms with van der Waals surface area (Å²) in [6.07, 6.45) is 4.06. The molecule has 1 aromatic rings. The van der Waals surface area contributed by atoms with Gasteiger partial charge < -0.3 is 20.1 Å². The van der Waals surface area contributed by atoms with Gasteiger partial charge in [-0.1, -0.05) is 0 Å². The van der Waals surface area contributed by atoms with Gasteiger partial charge in [0.25, 0.3) is 5.91 Å². The Balaban J connectivity index is 1.92. The molecule has 0 spiro atoms. The van der Waals surface area contributed by atoms with Crippen LogP contribution in [0.3, 0.4) is 0 Å². The summed E-state index contributed by atoms with van der Waals surface area (Å²) in [4.78, 5) is 14.5. The molecule has 1 fully saturated rings. The zero-order valence-corrected chi connectivity index (χ0v) is 13.3. The van der Waals surface area contributed by atoms with Crippen molar-refractivity contribution in [2.45, 2.75) is 31.7 Å². The standard InChI is InChI=1S/C17H26N2O3/c1-21-11-4-12-22-16-8-6-14(7-9-16)17(20)19-10-3-2-5-15(19)13-18/h6-9,15H,2-5,10-13,18H2,1H3. The fourth-order valence-electron chi connectivity index (χ4n) is 2.77. The molecule has 5 heteroatoms. The van der Waals surface area contributed by atoms with E-state index in [0.717, 1.165) is 38.0 Å². The topological polar surface area (TPSA) is 64.8 Å². The number of piperidine rings is 1. The van der Waals surface area contributed by atoms with Crippen molar-refractivity contribution in [3.8, 4) is 5.75 Å². The third kappa shape index (κ3) is 4.45. The molecule has 22 heavy (non-hydrogen) atoms. The molecule has 1 aliphatic heterocycles. The number of methoxy groups -OCH3 is 1. The number of ether oxygens (including phenoxy) is 2. The van der Waals surface area contributed by atoms with Crippen LogP contribution in [-0.2, 0) is 4.74 Å². The lowest BCUT2D eigenvalue weighted by atomic mass is 10.0. The zero-order chi connectivity index (χ0) is 15.8. The molecule has 1 saturated heterocycles. The first kappa shape index (κ1) is 16.8. The summed E-state index contributed by atoms with van der Waals surface area (Å²) in [7, 11) is 1.68. The smallest absolute Gasteiger partial charge is 0.254 e. The van der Waals surface area contributed by atoms with Gasteiger partial charge in [0.05, 0.1) is 6.61 Å². The molecule has 0 saturated carbocycles. The van der Waals surface area contributed by atoms with Crippen LogP contribution in [0.25, 0.3) is 0 Å². The number of hydrogen-bond donors (Lipinski definition) is 1. The Kier molecular flexibility index (Phi) is 6.68. The monoisotopic (exact) mass is 306 g/mol. The molecule has 1 unspecified atom stereocenters. The normalized spacial score (nSPS) is 18.3. The molecular formula is C17H26N2O3. The summed E-state index contributed by atoms with van der Waals surface area (Å²) in [5.41, 5.74) is 6.49. The van der Waals surface area contributed by atoms with E-state index >= 15 is 0 Å². The lowest BCUT2D eigenvalue weighted by molar-refractivity contribution is 0.0623. The molecule has 5 nitrogen and oxygen atoms in total. The van der Waals surface area contributed by atoms with Crippen molar-refractivity contribution in [2.24, 2.45) is 5.73 Å². The average Bonchev–Trinajstić information content (AvgIpc) is 2.58. The van der Waals surface area contributed by atoms with E-state index in [1.165, 1.54) is 0 Å². The highest BCUT2D eigenvalue weighted by Crippen LogP contribution is 2.20. The van der Waals surface area contributed by atoms with Crippen molar-refractivity contribution < 1.29 is 14.3 Å². The Morgan fingerprint density at radius 3 is 2.73 bits per heavy atom. The Morgan fingerprint density at radius 1 is 1.27 bits per heavy atom. The highest BCUT2D eigenvalue weighted by atomic mass is 16.5. The Bertz CT molecular complexity index is 461. The molecule has 1 amide bonds. The number of benzene rings is 1. The average molecular weight is 306 g/mol. The second-order valence-electron chi connectivity index (χ2n) is 5.60. The molecule has 1 atom stereocenters. The fraction of sp³-hybridized carbons (Fsp3) is 0.588. The van der Waals surface area contributed by atoms with Crippen LogP contribution in [0.5, 0.6) is 5.75 Å². The summed E-state index contributed by atoms with van der Waals surface area (Å²) < 4.78 is 10.6. The van der Waals surface area contributed by atoms with E-state index < -0.39 is 0 Å². The van der Waals surface area contributed by atoms with Crippen LogP contribution in [0, 0.1) is 0 Å². The van der Waals surface area contributed by atoms with Crippen LogP contribution in [0.2, 0.25) is 0 Å². The third-order valence-corrected chi connectivity index (χ3v) is 4.02. The molecule has 2 N–H and O–H groups in total. The fourth-order valence-corrected chi connectivity index (χ4v) is 2.77. The first-order chi connectivity index (χ1) is 10.8. The van der Waals surface area contributed by atoms with Crippen LogP contribution >= 0.6 is 0 Å². The van der Waals surface area contributed by atoms with Gasteiger partial charge in [0.1, 0.15) is 5.75 Å². The molecule has 2 rings (SSSR count). The highest BCUT2D eigenvalue weighted by molar-refractivity contribution is 5.94. The number of carbonyl (C=O) groups is 1. The summed E-state index contributed by atoms with van der Waals surface area (Å²) >= 11 is 0. The molecule has 122 valence electrons. The largest absolute Gasteiger partial charge is 0.494 e. The van der Waals surface area contributed by atoms with Gasteiger partial charge >= 0.3 is 0 Å². The number of amides is 1. The third-order valence-electron chi connectivity index (χ3n) is 4.02. The molecule has 0 aliphatic carbocycles. The predicted molar refractivity (Wildman–Crippen MR) is 86.2 cm³/mol. The van der Waals surface area contributed by atoms with E-state index in [2.05, 4.69) is 0 Å². The Morgan fingerprint density at radius 2 is 2.05 bits per heavy atom. The lowest BCUT2D eigenvalue weighted by Gasteiger charge is -2.35. The molecule has 0 bridgehead atoms. The van der Waals surface area contributed by atoms with E-state index in [9.17, 15) is 4.79 Å². The van der Waals surface area contributed by atoms with Crippen LogP contribution < -0.4 is 10.5 Å². The number of hydrogen-bond acceptors (Lipinski definition) is 4. The van der Waals surface area contributed by atoms with Crippen LogP contribution in [0.15, 0.2) is 24.3 Å². The maximum Gasteiger partial charge on any atom is 0.254 e. The minimum Gasteiger partial charge on any atom is -0.494 e.